The molecule has 0 saturated heterocycles. The van der Waals surface area contributed by atoms with E-state index in [-0.39, 0.29) is 11.3 Å². The summed E-state index contributed by atoms with van der Waals surface area (Å²) >= 11 is 0. The average molecular weight is 232 g/mol. The largest absolute Gasteiger partial charge is 0.427 e. The Bertz CT molecular complexity index is 469. The fourth-order valence-electron chi connectivity index (χ4n) is 1.41. The molecule has 3 nitrogen and oxygen atoms in total. The van der Waals surface area contributed by atoms with Gasteiger partial charge in [0.15, 0.2) is 5.78 Å². The molecule has 90 valence electrons. The summed E-state index contributed by atoms with van der Waals surface area (Å²) in [5.74, 6) is 0.379. The molecular weight excluding hydrogens is 216 g/mol. The monoisotopic (exact) mass is 232 g/mol. The van der Waals surface area contributed by atoms with Crippen molar-refractivity contribution in [2.45, 2.75) is 25.7 Å². The first-order valence-corrected chi connectivity index (χ1v) is 5.57. The Balaban J connectivity index is 2.82. The maximum absolute atomic E-state index is 11.6. The molecule has 0 bridgehead atoms. The van der Waals surface area contributed by atoms with Gasteiger partial charge in [-0.2, -0.15) is 0 Å². The minimum atomic E-state index is -0.555. The molecule has 1 rings (SSSR count). The zero-order valence-corrected chi connectivity index (χ0v) is 9.78. The molecule has 0 N–H and O–H groups in total. The predicted molar refractivity (Wildman–Crippen MR) is 67.3 cm³/mol. The Morgan fingerprint density at radius 3 is 2.53 bits per heavy atom. The molecule has 0 unspecified atom stereocenters. The van der Waals surface area contributed by atoms with E-state index in [2.05, 4.69) is 13.2 Å². The van der Waals surface area contributed by atoms with Gasteiger partial charge in [-0.1, -0.05) is 12.2 Å². The number of aryl methyl sites for hydroxylation is 1. The van der Waals surface area contributed by atoms with E-state index < -0.39 is 5.63 Å². The van der Waals surface area contributed by atoms with E-state index in [1.807, 2.05) is 0 Å². The molecular formula is C14H16O3. The van der Waals surface area contributed by atoms with Gasteiger partial charge in [0.05, 0.1) is 0 Å². The molecule has 3 heteroatoms. The first-order chi connectivity index (χ1) is 8.19. The number of allylic oxidation sites excluding steroid dienone is 2. The van der Waals surface area contributed by atoms with E-state index in [4.69, 9.17) is 4.42 Å². The van der Waals surface area contributed by atoms with Crippen molar-refractivity contribution in [3.8, 4) is 0 Å². The highest BCUT2D eigenvalue weighted by molar-refractivity contribution is 5.95. The third-order valence-electron chi connectivity index (χ3n) is 2.35. The van der Waals surface area contributed by atoms with Crippen molar-refractivity contribution < 1.29 is 9.21 Å². The van der Waals surface area contributed by atoms with Crippen molar-refractivity contribution in [3.05, 3.63) is 59.2 Å². The van der Waals surface area contributed by atoms with Crippen LogP contribution in [0.2, 0.25) is 0 Å². The van der Waals surface area contributed by atoms with Crippen molar-refractivity contribution in [1.29, 1.82) is 0 Å². The molecule has 0 saturated carbocycles. The molecule has 0 aliphatic carbocycles. The van der Waals surface area contributed by atoms with E-state index in [0.29, 0.717) is 25.0 Å². The lowest BCUT2D eigenvalue weighted by Gasteiger charge is -2.00. The summed E-state index contributed by atoms with van der Waals surface area (Å²) in [6, 6.07) is 3.21. The van der Waals surface area contributed by atoms with Gasteiger partial charge >= 0.3 is 5.63 Å². The van der Waals surface area contributed by atoms with Crippen LogP contribution in [0.1, 0.15) is 35.4 Å². The molecule has 0 radical (unpaired) electrons. The molecule has 0 amide bonds. The highest BCUT2D eigenvalue weighted by Crippen LogP contribution is 2.06. The first-order valence-electron chi connectivity index (χ1n) is 5.57. The van der Waals surface area contributed by atoms with Gasteiger partial charge in [-0.25, -0.2) is 4.79 Å². The van der Waals surface area contributed by atoms with Crippen molar-refractivity contribution >= 4 is 5.78 Å². The summed E-state index contributed by atoms with van der Waals surface area (Å²) in [7, 11) is 0. The van der Waals surface area contributed by atoms with E-state index in [1.54, 1.807) is 18.2 Å². The minimum absolute atomic E-state index is 0.120. The van der Waals surface area contributed by atoms with Gasteiger partial charge in [0.1, 0.15) is 11.3 Å². The Kier molecular flexibility index (Phi) is 5.14. The third kappa shape index (κ3) is 3.87. The first kappa shape index (κ1) is 13.2. The van der Waals surface area contributed by atoms with E-state index in [1.165, 1.54) is 6.07 Å². The lowest BCUT2D eigenvalue weighted by Crippen LogP contribution is -2.14. The number of ketones is 1. The Morgan fingerprint density at radius 1 is 1.24 bits per heavy atom. The molecule has 17 heavy (non-hydrogen) atoms. The maximum atomic E-state index is 11.6. The number of hydrogen-bond donors (Lipinski definition) is 0. The standard InChI is InChI=1S/C14H16O3/c1-3-5-7-11-9-10-12(14(16)17-11)13(15)8-6-4-2/h3-4,9-10H,1-2,5-8H2. The van der Waals surface area contributed by atoms with Crippen molar-refractivity contribution in [3.63, 3.8) is 0 Å². The van der Waals surface area contributed by atoms with E-state index >= 15 is 0 Å². The predicted octanol–water partition coefficient (Wildman–Crippen LogP) is 2.91. The average Bonchev–Trinajstić information content (AvgIpc) is 2.33. The molecule has 0 aromatic carbocycles. The van der Waals surface area contributed by atoms with E-state index in [9.17, 15) is 9.59 Å². The highest BCUT2D eigenvalue weighted by atomic mass is 16.4. The number of hydrogen-bond acceptors (Lipinski definition) is 3. The number of carbonyl (C=O) groups is 1. The van der Waals surface area contributed by atoms with Crippen LogP contribution in [0, 0.1) is 0 Å². The molecule has 0 fully saturated rings. The van der Waals surface area contributed by atoms with Crippen LogP contribution in [0.15, 0.2) is 46.7 Å². The fraction of sp³-hybridized carbons (Fsp3) is 0.286. The normalized spacial score (nSPS) is 9.88. The van der Waals surface area contributed by atoms with Crippen LogP contribution < -0.4 is 5.63 Å². The van der Waals surface area contributed by atoms with Crippen LogP contribution >= 0.6 is 0 Å². The molecule has 1 aromatic heterocycles. The van der Waals surface area contributed by atoms with Gasteiger partial charge in [-0.3, -0.25) is 4.79 Å². The van der Waals surface area contributed by atoms with Crippen LogP contribution in [0.25, 0.3) is 0 Å². The number of Topliss-reactive ketones (excluding diaryl/α,β-unsaturated/α-hetero) is 1. The molecule has 0 atom stereocenters. The maximum Gasteiger partial charge on any atom is 0.346 e. The fourth-order valence-corrected chi connectivity index (χ4v) is 1.41. The summed E-state index contributed by atoms with van der Waals surface area (Å²) in [5.41, 5.74) is -0.435. The lowest BCUT2D eigenvalue weighted by molar-refractivity contribution is 0.0979. The smallest absolute Gasteiger partial charge is 0.346 e. The van der Waals surface area contributed by atoms with Gasteiger partial charge in [0.2, 0.25) is 0 Å². The zero-order chi connectivity index (χ0) is 12.7. The highest BCUT2D eigenvalue weighted by Gasteiger charge is 2.11. The molecule has 1 heterocycles. The summed E-state index contributed by atoms with van der Waals surface area (Å²) in [5, 5.41) is 0. The summed E-state index contributed by atoms with van der Waals surface area (Å²) in [6.45, 7) is 7.13. The zero-order valence-electron chi connectivity index (χ0n) is 9.78. The van der Waals surface area contributed by atoms with Crippen LogP contribution in [-0.2, 0) is 6.42 Å². The quantitative estimate of drug-likeness (QED) is 0.536. The van der Waals surface area contributed by atoms with Crippen molar-refractivity contribution in [2.24, 2.45) is 0 Å². The number of rotatable bonds is 7. The minimum Gasteiger partial charge on any atom is -0.427 e. The van der Waals surface area contributed by atoms with Crippen LogP contribution in [-0.4, -0.2) is 5.78 Å². The van der Waals surface area contributed by atoms with Gasteiger partial charge in [-0.05, 0) is 25.0 Å². The molecule has 0 aliphatic rings. The van der Waals surface area contributed by atoms with Gasteiger partial charge in [-0.15, -0.1) is 13.2 Å². The Labute approximate surface area is 100 Å². The van der Waals surface area contributed by atoms with Gasteiger partial charge in [0.25, 0.3) is 0 Å². The second-order valence-corrected chi connectivity index (χ2v) is 3.68. The Hall–Kier alpha value is -1.90. The summed E-state index contributed by atoms with van der Waals surface area (Å²) < 4.78 is 5.06. The molecule has 0 aliphatic heterocycles. The van der Waals surface area contributed by atoms with Crippen molar-refractivity contribution in [2.75, 3.05) is 0 Å². The van der Waals surface area contributed by atoms with E-state index in [0.717, 1.165) is 6.42 Å². The Morgan fingerprint density at radius 2 is 1.94 bits per heavy atom. The molecule has 0 spiro atoms. The lowest BCUT2D eigenvalue weighted by atomic mass is 10.1. The topological polar surface area (TPSA) is 47.3 Å². The van der Waals surface area contributed by atoms with Gasteiger partial charge in [0, 0.05) is 12.8 Å². The second kappa shape index (κ2) is 6.63. The van der Waals surface area contributed by atoms with Crippen LogP contribution in [0.5, 0.6) is 0 Å². The van der Waals surface area contributed by atoms with Gasteiger partial charge < -0.3 is 4.42 Å². The SMILES string of the molecule is C=CCCC(=O)c1ccc(CCC=C)oc1=O. The van der Waals surface area contributed by atoms with Crippen LogP contribution in [0.4, 0.5) is 0 Å². The second-order valence-electron chi connectivity index (χ2n) is 3.68. The molecule has 1 aromatic rings. The summed E-state index contributed by atoms with van der Waals surface area (Å²) in [4.78, 5) is 23.2. The number of carbonyl (C=O) groups excluding carboxylic acids is 1. The van der Waals surface area contributed by atoms with Crippen molar-refractivity contribution in [1.82, 2.24) is 0 Å². The van der Waals surface area contributed by atoms with Crippen LogP contribution in [0.3, 0.4) is 0 Å². The summed E-state index contributed by atoms with van der Waals surface area (Å²) in [6.07, 6.45) is 5.63. The third-order valence-corrected chi connectivity index (χ3v) is 2.35.